The van der Waals surface area contributed by atoms with Gasteiger partial charge >= 0.3 is 0 Å². The van der Waals surface area contributed by atoms with E-state index < -0.39 is 0 Å². The first-order valence-electron chi connectivity index (χ1n) is 11.9. The quantitative estimate of drug-likeness (QED) is 0.223. The Hall–Kier alpha value is -1.11. The highest BCUT2D eigenvalue weighted by atomic mass is 16.1. The number of Topliss-reactive ketones (excluding diaryl/α,β-unsaturated/α-hetero) is 1. The highest BCUT2D eigenvalue weighted by Gasteiger charge is 2.03. The molecule has 1 heteroatoms. The monoisotopic (exact) mass is 372 g/mol. The standard InChI is InChI=1S/C26H44O/c1-2-3-4-5-6-7-8-9-10-11-12-13-14-15-16-20-23-26(27)24-25-21-18-17-19-22-25/h17-19,21-22H,2-16,20,23-24H2,1H3. The molecule has 0 aliphatic heterocycles. The summed E-state index contributed by atoms with van der Waals surface area (Å²) < 4.78 is 0. The van der Waals surface area contributed by atoms with Crippen LogP contribution < -0.4 is 0 Å². The first-order valence-corrected chi connectivity index (χ1v) is 11.9. The van der Waals surface area contributed by atoms with Crippen molar-refractivity contribution in [3.8, 4) is 0 Å². The highest BCUT2D eigenvalue weighted by molar-refractivity contribution is 5.80. The predicted molar refractivity (Wildman–Crippen MR) is 119 cm³/mol. The molecule has 0 aliphatic rings. The summed E-state index contributed by atoms with van der Waals surface area (Å²) >= 11 is 0. The van der Waals surface area contributed by atoms with Crippen molar-refractivity contribution in [3.05, 3.63) is 35.9 Å². The summed E-state index contributed by atoms with van der Waals surface area (Å²) in [5.74, 6) is 0.395. The van der Waals surface area contributed by atoms with Crippen molar-refractivity contribution in [1.29, 1.82) is 0 Å². The molecule has 0 spiro atoms. The SMILES string of the molecule is CCCCCCCCCCCCCCCCCCC(=O)Cc1ccccc1. The minimum absolute atomic E-state index is 0.395. The van der Waals surface area contributed by atoms with E-state index in [1.54, 1.807) is 0 Å². The van der Waals surface area contributed by atoms with Gasteiger partial charge in [-0.3, -0.25) is 4.79 Å². The van der Waals surface area contributed by atoms with Crippen LogP contribution >= 0.6 is 0 Å². The van der Waals surface area contributed by atoms with Gasteiger partial charge in [0.05, 0.1) is 0 Å². The molecule has 0 unspecified atom stereocenters. The first-order chi connectivity index (χ1) is 13.3. The lowest BCUT2D eigenvalue weighted by Gasteiger charge is -2.04. The molecule has 0 fully saturated rings. The summed E-state index contributed by atoms with van der Waals surface area (Å²) in [4.78, 5) is 12.0. The van der Waals surface area contributed by atoms with Crippen LogP contribution in [-0.2, 0) is 11.2 Å². The maximum atomic E-state index is 12.0. The van der Waals surface area contributed by atoms with Crippen molar-refractivity contribution in [2.24, 2.45) is 0 Å². The van der Waals surface area contributed by atoms with Crippen LogP contribution in [0, 0.1) is 0 Å². The minimum Gasteiger partial charge on any atom is -0.299 e. The lowest BCUT2D eigenvalue weighted by molar-refractivity contribution is -0.118. The lowest BCUT2D eigenvalue weighted by Crippen LogP contribution is -2.02. The van der Waals surface area contributed by atoms with E-state index in [-0.39, 0.29) is 0 Å². The molecule has 0 heterocycles. The van der Waals surface area contributed by atoms with Gasteiger partial charge in [0.1, 0.15) is 5.78 Å². The van der Waals surface area contributed by atoms with E-state index in [4.69, 9.17) is 0 Å². The Morgan fingerprint density at radius 2 is 1.00 bits per heavy atom. The molecule has 0 amide bonds. The summed E-state index contributed by atoms with van der Waals surface area (Å²) in [5.41, 5.74) is 1.15. The van der Waals surface area contributed by atoms with E-state index >= 15 is 0 Å². The summed E-state index contributed by atoms with van der Waals surface area (Å²) in [6.45, 7) is 2.29. The van der Waals surface area contributed by atoms with Crippen LogP contribution in [0.5, 0.6) is 0 Å². The van der Waals surface area contributed by atoms with Gasteiger partial charge in [-0.05, 0) is 12.0 Å². The summed E-state index contributed by atoms with van der Waals surface area (Å²) in [6.07, 6.45) is 23.4. The maximum Gasteiger partial charge on any atom is 0.137 e. The summed E-state index contributed by atoms with van der Waals surface area (Å²) in [7, 11) is 0. The van der Waals surface area contributed by atoms with Crippen LogP contribution in [0.4, 0.5) is 0 Å². The van der Waals surface area contributed by atoms with Crippen molar-refractivity contribution in [1.82, 2.24) is 0 Å². The summed E-state index contributed by atoms with van der Waals surface area (Å²) in [5, 5.41) is 0. The van der Waals surface area contributed by atoms with Gasteiger partial charge in [-0.2, -0.15) is 0 Å². The van der Waals surface area contributed by atoms with Crippen LogP contribution in [0.15, 0.2) is 30.3 Å². The molecule has 1 aromatic carbocycles. The average Bonchev–Trinajstić information content (AvgIpc) is 2.68. The largest absolute Gasteiger partial charge is 0.299 e. The van der Waals surface area contributed by atoms with Crippen LogP contribution in [-0.4, -0.2) is 5.78 Å². The van der Waals surface area contributed by atoms with E-state index in [1.807, 2.05) is 30.3 Å². The molecule has 0 aliphatic carbocycles. The molecule has 1 nitrogen and oxygen atoms in total. The second-order valence-electron chi connectivity index (χ2n) is 8.25. The zero-order valence-corrected chi connectivity index (χ0v) is 18.0. The van der Waals surface area contributed by atoms with Gasteiger partial charge in [0.2, 0.25) is 0 Å². The molecule has 27 heavy (non-hydrogen) atoms. The number of unbranched alkanes of at least 4 members (excludes halogenated alkanes) is 15. The Kier molecular flexibility index (Phi) is 16.2. The zero-order chi connectivity index (χ0) is 19.4. The molecule has 0 aromatic heterocycles. The van der Waals surface area contributed by atoms with E-state index in [2.05, 4.69) is 6.92 Å². The second-order valence-corrected chi connectivity index (χ2v) is 8.25. The molecule has 1 aromatic rings. The van der Waals surface area contributed by atoms with Crippen LogP contribution in [0.25, 0.3) is 0 Å². The molecule has 0 atom stereocenters. The van der Waals surface area contributed by atoms with E-state index in [0.717, 1.165) is 18.4 Å². The number of hydrogen-bond acceptors (Lipinski definition) is 1. The average molecular weight is 373 g/mol. The molecule has 1 rings (SSSR count). The smallest absolute Gasteiger partial charge is 0.137 e. The molecule has 0 N–H and O–H groups in total. The Morgan fingerprint density at radius 3 is 1.44 bits per heavy atom. The molecule has 0 radical (unpaired) electrons. The maximum absolute atomic E-state index is 12.0. The molecule has 0 saturated carbocycles. The van der Waals surface area contributed by atoms with E-state index in [0.29, 0.717) is 12.2 Å². The van der Waals surface area contributed by atoms with Crippen LogP contribution in [0.1, 0.15) is 122 Å². The molecular formula is C26H44O. The predicted octanol–water partition coefficient (Wildman–Crippen LogP) is 8.45. The zero-order valence-electron chi connectivity index (χ0n) is 18.0. The Morgan fingerprint density at radius 1 is 0.593 bits per heavy atom. The van der Waals surface area contributed by atoms with Crippen molar-refractivity contribution in [3.63, 3.8) is 0 Å². The normalized spacial score (nSPS) is 11.0. The van der Waals surface area contributed by atoms with E-state index in [1.165, 1.54) is 96.3 Å². The number of rotatable bonds is 19. The lowest BCUT2D eigenvalue weighted by atomic mass is 10.0. The van der Waals surface area contributed by atoms with Crippen molar-refractivity contribution >= 4 is 5.78 Å². The Balaban J connectivity index is 1.76. The fourth-order valence-corrected chi connectivity index (χ4v) is 3.78. The van der Waals surface area contributed by atoms with Crippen molar-refractivity contribution in [2.75, 3.05) is 0 Å². The van der Waals surface area contributed by atoms with Gasteiger partial charge in [-0.15, -0.1) is 0 Å². The topological polar surface area (TPSA) is 17.1 Å². The van der Waals surface area contributed by atoms with E-state index in [9.17, 15) is 4.79 Å². The number of hydrogen-bond donors (Lipinski definition) is 0. The van der Waals surface area contributed by atoms with Gasteiger partial charge < -0.3 is 0 Å². The second kappa shape index (κ2) is 18.3. The minimum atomic E-state index is 0.395. The molecule has 0 bridgehead atoms. The first kappa shape index (κ1) is 23.9. The highest BCUT2D eigenvalue weighted by Crippen LogP contribution is 2.14. The number of benzene rings is 1. The Labute approximate surface area is 169 Å². The molecular weight excluding hydrogens is 328 g/mol. The van der Waals surface area contributed by atoms with Gasteiger partial charge in [0, 0.05) is 12.8 Å². The third-order valence-corrected chi connectivity index (χ3v) is 5.55. The Bertz CT molecular complexity index is 437. The number of ketones is 1. The van der Waals surface area contributed by atoms with Gasteiger partial charge in [-0.1, -0.05) is 134 Å². The van der Waals surface area contributed by atoms with Gasteiger partial charge in [0.25, 0.3) is 0 Å². The number of carbonyl (C=O) groups excluding carboxylic acids is 1. The van der Waals surface area contributed by atoms with Crippen molar-refractivity contribution in [2.45, 2.75) is 122 Å². The third-order valence-electron chi connectivity index (χ3n) is 5.55. The number of carbonyl (C=O) groups is 1. The molecule has 0 saturated heterocycles. The summed E-state index contributed by atoms with van der Waals surface area (Å²) in [6, 6.07) is 10.1. The fourth-order valence-electron chi connectivity index (χ4n) is 3.78. The third kappa shape index (κ3) is 15.6. The fraction of sp³-hybridized carbons (Fsp3) is 0.731. The van der Waals surface area contributed by atoms with Gasteiger partial charge in [0.15, 0.2) is 0 Å². The van der Waals surface area contributed by atoms with Crippen molar-refractivity contribution < 1.29 is 4.79 Å². The van der Waals surface area contributed by atoms with Crippen LogP contribution in [0.2, 0.25) is 0 Å². The molecule has 154 valence electrons. The van der Waals surface area contributed by atoms with Gasteiger partial charge in [-0.25, -0.2) is 0 Å². The van der Waals surface area contributed by atoms with Crippen LogP contribution in [0.3, 0.4) is 0 Å².